The van der Waals surface area contributed by atoms with Crippen LogP contribution in [0, 0.1) is 0 Å². The van der Waals surface area contributed by atoms with Crippen LogP contribution in [-0.2, 0) is 10.0 Å². The van der Waals surface area contributed by atoms with Crippen molar-refractivity contribution < 1.29 is 8.42 Å². The fourth-order valence-corrected chi connectivity index (χ4v) is 1.37. The molecule has 0 fully saturated rings. The van der Waals surface area contributed by atoms with Crippen LogP contribution < -0.4 is 10.9 Å². The first kappa shape index (κ1) is 10.1. The highest BCUT2D eigenvalue weighted by Gasteiger charge is 2.10. The van der Waals surface area contributed by atoms with Gasteiger partial charge >= 0.3 is 0 Å². The van der Waals surface area contributed by atoms with Crippen molar-refractivity contribution in [1.29, 1.82) is 0 Å². The van der Waals surface area contributed by atoms with Gasteiger partial charge in [-0.25, -0.2) is 18.5 Å². The number of nitrogens with zero attached hydrogens (tertiary/aromatic N) is 1. The monoisotopic (exact) mass is 201 g/mol. The summed E-state index contributed by atoms with van der Waals surface area (Å²) in [6.07, 6.45) is 1.37. The molecule has 0 aliphatic carbocycles. The highest BCUT2D eigenvalue weighted by molar-refractivity contribution is 7.89. The molecule has 0 spiro atoms. The number of sulfonamides is 1. The third-order valence-corrected chi connectivity index (χ3v) is 2.38. The Labute approximate surface area is 76.8 Å². The zero-order valence-electron chi connectivity index (χ0n) is 7.14. The predicted octanol–water partition coefficient (Wildman–Crippen LogP) is -0.251. The summed E-state index contributed by atoms with van der Waals surface area (Å²) in [7, 11) is -3.73. The van der Waals surface area contributed by atoms with Gasteiger partial charge in [0.05, 0.1) is 0 Å². The van der Waals surface area contributed by atoms with Crippen LogP contribution in [0.2, 0.25) is 0 Å². The number of primary sulfonamides is 1. The van der Waals surface area contributed by atoms with Crippen LogP contribution >= 0.6 is 0 Å². The lowest BCUT2D eigenvalue weighted by Gasteiger charge is -2.05. The Morgan fingerprint density at radius 2 is 2.15 bits per heavy atom. The molecule has 0 bridgehead atoms. The molecule has 1 aromatic rings. The Bertz CT molecular complexity index is 400. The molecule has 1 rings (SSSR count). The Kier molecular flexibility index (Phi) is 2.65. The summed E-state index contributed by atoms with van der Waals surface area (Å²) in [6.45, 7) is 1.75. The van der Waals surface area contributed by atoms with Crippen LogP contribution in [0.4, 0.5) is 0 Å². The van der Waals surface area contributed by atoms with E-state index in [-0.39, 0.29) is 11.1 Å². The van der Waals surface area contributed by atoms with Crippen LogP contribution in [0.5, 0.6) is 0 Å². The molecule has 1 aromatic heterocycles. The first-order chi connectivity index (χ1) is 5.91. The van der Waals surface area contributed by atoms with Gasteiger partial charge in [0.25, 0.3) is 10.0 Å². The SMILES string of the molecule is C[C@H](N)c1ccnc(S(N)(=O)=O)c1. The van der Waals surface area contributed by atoms with E-state index in [1.165, 1.54) is 12.3 Å². The molecule has 0 unspecified atom stereocenters. The molecule has 0 aliphatic heterocycles. The molecule has 13 heavy (non-hydrogen) atoms. The van der Waals surface area contributed by atoms with Crippen molar-refractivity contribution in [1.82, 2.24) is 4.98 Å². The Morgan fingerprint density at radius 1 is 1.54 bits per heavy atom. The van der Waals surface area contributed by atoms with Crippen molar-refractivity contribution in [2.24, 2.45) is 10.9 Å². The van der Waals surface area contributed by atoms with Crippen molar-refractivity contribution >= 4 is 10.0 Å². The van der Waals surface area contributed by atoms with Gasteiger partial charge in [-0.2, -0.15) is 0 Å². The van der Waals surface area contributed by atoms with Crippen LogP contribution in [-0.4, -0.2) is 13.4 Å². The van der Waals surface area contributed by atoms with Gasteiger partial charge in [-0.05, 0) is 24.6 Å². The van der Waals surface area contributed by atoms with Gasteiger partial charge in [0.1, 0.15) is 0 Å². The van der Waals surface area contributed by atoms with Gasteiger partial charge in [0.2, 0.25) is 0 Å². The summed E-state index contributed by atoms with van der Waals surface area (Å²) in [5.41, 5.74) is 6.26. The fraction of sp³-hybridized carbons (Fsp3) is 0.286. The molecule has 6 heteroatoms. The van der Waals surface area contributed by atoms with Crippen molar-refractivity contribution in [3.63, 3.8) is 0 Å². The smallest absolute Gasteiger partial charge is 0.255 e. The van der Waals surface area contributed by atoms with Crippen molar-refractivity contribution in [3.8, 4) is 0 Å². The maximum atomic E-state index is 10.9. The van der Waals surface area contributed by atoms with E-state index in [4.69, 9.17) is 10.9 Å². The maximum absolute atomic E-state index is 10.9. The molecular formula is C7H11N3O2S. The first-order valence-corrected chi connectivity index (χ1v) is 5.20. The predicted molar refractivity (Wildman–Crippen MR) is 48.2 cm³/mol. The zero-order valence-corrected chi connectivity index (χ0v) is 7.95. The highest BCUT2D eigenvalue weighted by atomic mass is 32.2. The van der Waals surface area contributed by atoms with E-state index >= 15 is 0 Å². The summed E-state index contributed by atoms with van der Waals surface area (Å²) < 4.78 is 21.8. The molecule has 1 atom stereocenters. The standard InChI is InChI=1S/C7H11N3O2S/c1-5(8)6-2-3-10-7(4-6)13(9,11)12/h2-5H,8H2,1H3,(H2,9,11,12)/t5-/m0/s1. The minimum absolute atomic E-state index is 0.151. The van der Waals surface area contributed by atoms with Gasteiger partial charge < -0.3 is 5.73 Å². The van der Waals surface area contributed by atoms with Crippen LogP contribution in [0.3, 0.4) is 0 Å². The Hall–Kier alpha value is -0.980. The second kappa shape index (κ2) is 3.41. The van der Waals surface area contributed by atoms with Crippen molar-refractivity contribution in [2.75, 3.05) is 0 Å². The molecule has 4 N–H and O–H groups in total. The van der Waals surface area contributed by atoms with Gasteiger partial charge in [0.15, 0.2) is 5.03 Å². The summed E-state index contributed by atoms with van der Waals surface area (Å²) in [5, 5.41) is 4.74. The van der Waals surface area contributed by atoms with E-state index in [0.717, 1.165) is 0 Å². The number of hydrogen-bond acceptors (Lipinski definition) is 4. The van der Waals surface area contributed by atoms with E-state index < -0.39 is 10.0 Å². The van der Waals surface area contributed by atoms with Crippen molar-refractivity contribution in [2.45, 2.75) is 18.0 Å². The molecule has 72 valence electrons. The van der Waals surface area contributed by atoms with E-state index in [0.29, 0.717) is 5.56 Å². The van der Waals surface area contributed by atoms with Crippen molar-refractivity contribution in [3.05, 3.63) is 23.9 Å². The van der Waals surface area contributed by atoms with Crippen LogP contribution in [0.1, 0.15) is 18.5 Å². The van der Waals surface area contributed by atoms with Crippen LogP contribution in [0.25, 0.3) is 0 Å². The second-order valence-corrected chi connectivity index (χ2v) is 4.27. The van der Waals surface area contributed by atoms with E-state index in [1.54, 1.807) is 13.0 Å². The molecular weight excluding hydrogens is 190 g/mol. The largest absolute Gasteiger partial charge is 0.324 e. The van der Waals surface area contributed by atoms with E-state index in [9.17, 15) is 8.42 Å². The average Bonchev–Trinajstić information content (AvgIpc) is 2.03. The number of pyridine rings is 1. The van der Waals surface area contributed by atoms with Gasteiger partial charge in [0, 0.05) is 12.2 Å². The van der Waals surface area contributed by atoms with E-state index in [2.05, 4.69) is 4.98 Å². The summed E-state index contributed by atoms with van der Waals surface area (Å²) in [4.78, 5) is 3.62. The minimum atomic E-state index is -3.73. The second-order valence-electron chi connectivity index (χ2n) is 2.76. The van der Waals surface area contributed by atoms with Gasteiger partial charge in [-0.1, -0.05) is 0 Å². The molecule has 1 heterocycles. The topological polar surface area (TPSA) is 99.1 Å². The zero-order chi connectivity index (χ0) is 10.1. The molecule has 0 aliphatic rings. The van der Waals surface area contributed by atoms with E-state index in [1.807, 2.05) is 0 Å². The molecule has 0 amide bonds. The lowest BCUT2D eigenvalue weighted by atomic mass is 10.1. The third kappa shape index (κ3) is 2.48. The lowest BCUT2D eigenvalue weighted by molar-refractivity contribution is 0.593. The van der Waals surface area contributed by atoms with Crippen LogP contribution in [0.15, 0.2) is 23.4 Å². The quantitative estimate of drug-likeness (QED) is 0.689. The molecule has 0 aromatic carbocycles. The van der Waals surface area contributed by atoms with Gasteiger partial charge in [-0.15, -0.1) is 0 Å². The minimum Gasteiger partial charge on any atom is -0.324 e. The molecule has 0 saturated heterocycles. The average molecular weight is 201 g/mol. The molecule has 0 radical (unpaired) electrons. The number of aromatic nitrogens is 1. The summed E-state index contributed by atoms with van der Waals surface area (Å²) in [6, 6.07) is 2.79. The number of nitrogens with two attached hydrogens (primary N) is 2. The lowest BCUT2D eigenvalue weighted by Crippen LogP contribution is -2.15. The Balaban J connectivity index is 3.21. The normalized spacial score (nSPS) is 14.1. The molecule has 5 nitrogen and oxygen atoms in total. The number of hydrogen-bond donors (Lipinski definition) is 2. The summed E-state index contributed by atoms with van der Waals surface area (Å²) in [5.74, 6) is 0. The highest BCUT2D eigenvalue weighted by Crippen LogP contribution is 2.11. The fourth-order valence-electron chi connectivity index (χ4n) is 0.864. The first-order valence-electron chi connectivity index (χ1n) is 3.65. The summed E-state index contributed by atoms with van der Waals surface area (Å²) >= 11 is 0. The third-order valence-electron chi connectivity index (χ3n) is 1.58. The molecule has 0 saturated carbocycles. The number of rotatable bonds is 2. The Morgan fingerprint density at radius 3 is 2.62 bits per heavy atom. The van der Waals surface area contributed by atoms with Gasteiger partial charge in [-0.3, -0.25) is 0 Å². The maximum Gasteiger partial charge on any atom is 0.255 e.